The second-order valence-corrected chi connectivity index (χ2v) is 5.11. The van der Waals surface area contributed by atoms with Gasteiger partial charge in [-0.2, -0.15) is 0 Å². The zero-order chi connectivity index (χ0) is 10.8. The molecule has 78 valence electrons. The van der Waals surface area contributed by atoms with Crippen LogP contribution in [0.2, 0.25) is 5.02 Å². The summed E-state index contributed by atoms with van der Waals surface area (Å²) in [5, 5.41) is 9.58. The maximum Gasteiger partial charge on any atom is 0.0451 e. The van der Waals surface area contributed by atoms with E-state index in [0.717, 1.165) is 9.13 Å². The van der Waals surface area contributed by atoms with Crippen LogP contribution in [-0.2, 0) is 5.54 Å². The number of hydrogen-bond donors (Lipinski definition) is 2. The van der Waals surface area contributed by atoms with E-state index in [9.17, 15) is 0 Å². The average molecular weight is 326 g/mol. The molecule has 0 radical (unpaired) electrons. The smallest absolute Gasteiger partial charge is 0.0451 e. The fourth-order valence-electron chi connectivity index (χ4n) is 1.30. The SMILES string of the molecule is C[C@](N)(CCO)c1cc(Cl)ccc1I. The van der Waals surface area contributed by atoms with Gasteiger partial charge >= 0.3 is 0 Å². The van der Waals surface area contributed by atoms with E-state index in [1.165, 1.54) is 0 Å². The predicted molar refractivity (Wildman–Crippen MR) is 67.4 cm³/mol. The van der Waals surface area contributed by atoms with Crippen LogP contribution in [0.3, 0.4) is 0 Å². The lowest BCUT2D eigenvalue weighted by Crippen LogP contribution is -2.34. The van der Waals surface area contributed by atoms with Crippen LogP contribution >= 0.6 is 34.2 Å². The Morgan fingerprint density at radius 3 is 2.79 bits per heavy atom. The summed E-state index contributed by atoms with van der Waals surface area (Å²) in [5.41, 5.74) is 6.56. The topological polar surface area (TPSA) is 46.2 Å². The number of benzene rings is 1. The van der Waals surface area contributed by atoms with Gasteiger partial charge in [-0.3, -0.25) is 0 Å². The normalized spacial score (nSPS) is 15.2. The molecule has 0 saturated carbocycles. The van der Waals surface area contributed by atoms with Gasteiger partial charge in [0.25, 0.3) is 0 Å². The van der Waals surface area contributed by atoms with Crippen LogP contribution in [0, 0.1) is 3.57 Å². The van der Waals surface area contributed by atoms with E-state index >= 15 is 0 Å². The maximum atomic E-state index is 8.91. The standard InChI is InChI=1S/C10H13ClINO/c1-10(13,4-5-14)8-6-7(11)2-3-9(8)12/h2-3,6,14H,4-5,13H2,1H3/t10-/m0/s1. The second-order valence-electron chi connectivity index (χ2n) is 3.52. The average Bonchev–Trinajstić information content (AvgIpc) is 2.09. The molecule has 1 aromatic carbocycles. The molecule has 0 saturated heterocycles. The van der Waals surface area contributed by atoms with Crippen molar-refractivity contribution in [3.63, 3.8) is 0 Å². The second kappa shape index (κ2) is 4.79. The molecule has 0 unspecified atom stereocenters. The summed E-state index contributed by atoms with van der Waals surface area (Å²) in [6.45, 7) is 1.98. The van der Waals surface area contributed by atoms with Crippen molar-refractivity contribution in [2.45, 2.75) is 18.9 Å². The first kappa shape index (κ1) is 12.2. The largest absolute Gasteiger partial charge is 0.396 e. The monoisotopic (exact) mass is 325 g/mol. The Morgan fingerprint density at radius 1 is 1.57 bits per heavy atom. The van der Waals surface area contributed by atoms with Crippen LogP contribution in [0.25, 0.3) is 0 Å². The molecule has 0 spiro atoms. The van der Waals surface area contributed by atoms with Crippen molar-refractivity contribution in [2.75, 3.05) is 6.61 Å². The molecule has 0 bridgehead atoms. The Morgan fingerprint density at radius 2 is 2.21 bits per heavy atom. The van der Waals surface area contributed by atoms with Crippen LogP contribution in [0.1, 0.15) is 18.9 Å². The highest BCUT2D eigenvalue weighted by Gasteiger charge is 2.23. The molecule has 3 N–H and O–H groups in total. The molecule has 0 aliphatic carbocycles. The van der Waals surface area contributed by atoms with Gasteiger partial charge in [-0.15, -0.1) is 0 Å². The minimum atomic E-state index is -0.518. The van der Waals surface area contributed by atoms with Crippen LogP contribution in [0.5, 0.6) is 0 Å². The number of halogens is 2. The van der Waals surface area contributed by atoms with Crippen molar-refractivity contribution in [1.82, 2.24) is 0 Å². The Hall–Kier alpha value is 0.160. The molecule has 0 aliphatic heterocycles. The van der Waals surface area contributed by atoms with Gasteiger partial charge in [0.15, 0.2) is 0 Å². The Bertz CT molecular complexity index is 328. The molecule has 4 heteroatoms. The number of aliphatic hydroxyl groups excluding tert-OH is 1. The molecule has 0 aromatic heterocycles. The fraction of sp³-hybridized carbons (Fsp3) is 0.400. The van der Waals surface area contributed by atoms with E-state index in [2.05, 4.69) is 22.6 Å². The quantitative estimate of drug-likeness (QED) is 0.839. The van der Waals surface area contributed by atoms with Crippen molar-refractivity contribution < 1.29 is 5.11 Å². The summed E-state index contributed by atoms with van der Waals surface area (Å²) in [7, 11) is 0. The van der Waals surface area contributed by atoms with Crippen molar-refractivity contribution in [1.29, 1.82) is 0 Å². The molecule has 0 fully saturated rings. The predicted octanol–water partition coefficient (Wildman–Crippen LogP) is 2.50. The van der Waals surface area contributed by atoms with E-state index in [0.29, 0.717) is 11.4 Å². The summed E-state index contributed by atoms with van der Waals surface area (Å²) < 4.78 is 1.07. The lowest BCUT2D eigenvalue weighted by molar-refractivity contribution is 0.247. The highest BCUT2D eigenvalue weighted by atomic mass is 127. The van der Waals surface area contributed by atoms with E-state index in [4.69, 9.17) is 22.4 Å². The van der Waals surface area contributed by atoms with Gasteiger partial charge < -0.3 is 10.8 Å². The first-order valence-electron chi connectivity index (χ1n) is 4.32. The van der Waals surface area contributed by atoms with Crippen LogP contribution in [-0.4, -0.2) is 11.7 Å². The Kier molecular flexibility index (Phi) is 4.18. The van der Waals surface area contributed by atoms with Gasteiger partial charge in [-0.05, 0) is 59.7 Å². The van der Waals surface area contributed by atoms with Crippen LogP contribution < -0.4 is 5.73 Å². The molecule has 1 atom stereocenters. The third-order valence-corrected chi connectivity index (χ3v) is 3.35. The van der Waals surface area contributed by atoms with Gasteiger partial charge in [0, 0.05) is 20.7 Å². The van der Waals surface area contributed by atoms with Crippen molar-refractivity contribution >= 4 is 34.2 Å². The number of rotatable bonds is 3. The number of aliphatic hydroxyl groups is 1. The summed E-state index contributed by atoms with van der Waals surface area (Å²) in [6.07, 6.45) is 0.531. The molecule has 0 aliphatic rings. The van der Waals surface area contributed by atoms with Gasteiger partial charge in [0.2, 0.25) is 0 Å². The third-order valence-electron chi connectivity index (χ3n) is 2.17. The van der Waals surface area contributed by atoms with Crippen molar-refractivity contribution in [3.8, 4) is 0 Å². The minimum Gasteiger partial charge on any atom is -0.396 e. The first-order valence-corrected chi connectivity index (χ1v) is 5.78. The lowest BCUT2D eigenvalue weighted by Gasteiger charge is -2.25. The van der Waals surface area contributed by atoms with Crippen molar-refractivity contribution in [3.05, 3.63) is 32.4 Å². The third kappa shape index (κ3) is 2.82. The van der Waals surface area contributed by atoms with Crippen LogP contribution in [0.15, 0.2) is 18.2 Å². The molecule has 14 heavy (non-hydrogen) atoms. The molecule has 1 rings (SSSR count). The highest BCUT2D eigenvalue weighted by molar-refractivity contribution is 14.1. The van der Waals surface area contributed by atoms with Gasteiger partial charge in [0.05, 0.1) is 0 Å². The van der Waals surface area contributed by atoms with E-state index < -0.39 is 5.54 Å². The maximum absolute atomic E-state index is 8.91. The van der Waals surface area contributed by atoms with Gasteiger partial charge in [-0.25, -0.2) is 0 Å². The number of nitrogens with two attached hydrogens (primary N) is 1. The van der Waals surface area contributed by atoms with E-state index in [1.807, 2.05) is 25.1 Å². The number of hydrogen-bond acceptors (Lipinski definition) is 2. The summed E-state index contributed by atoms with van der Waals surface area (Å²) in [4.78, 5) is 0. The summed E-state index contributed by atoms with van der Waals surface area (Å²) in [6, 6.07) is 5.63. The van der Waals surface area contributed by atoms with Crippen molar-refractivity contribution in [2.24, 2.45) is 5.73 Å². The molecule has 2 nitrogen and oxygen atoms in total. The zero-order valence-electron chi connectivity index (χ0n) is 7.93. The molecule has 1 aromatic rings. The van der Waals surface area contributed by atoms with Gasteiger partial charge in [0.1, 0.15) is 0 Å². The zero-order valence-corrected chi connectivity index (χ0v) is 10.8. The lowest BCUT2D eigenvalue weighted by atomic mass is 9.90. The molecule has 0 heterocycles. The molecule has 0 amide bonds. The van der Waals surface area contributed by atoms with E-state index in [1.54, 1.807) is 0 Å². The van der Waals surface area contributed by atoms with Gasteiger partial charge in [-0.1, -0.05) is 11.6 Å². The minimum absolute atomic E-state index is 0.0790. The molecular formula is C10H13ClINO. The molecular weight excluding hydrogens is 312 g/mol. The Balaban J connectivity index is 3.10. The summed E-state index contributed by atoms with van der Waals surface area (Å²) >= 11 is 8.12. The Labute approximate surface area is 103 Å². The van der Waals surface area contributed by atoms with Crippen LogP contribution in [0.4, 0.5) is 0 Å². The first-order chi connectivity index (χ1) is 6.47. The highest BCUT2D eigenvalue weighted by Crippen LogP contribution is 2.28. The van der Waals surface area contributed by atoms with E-state index in [-0.39, 0.29) is 6.61 Å². The summed E-state index contributed by atoms with van der Waals surface area (Å²) in [5.74, 6) is 0. The fourth-order valence-corrected chi connectivity index (χ4v) is 2.43.